The second-order valence-corrected chi connectivity index (χ2v) is 9.50. The Labute approximate surface area is 167 Å². The van der Waals surface area contributed by atoms with Gasteiger partial charge in [0.2, 0.25) is 0 Å². The minimum atomic E-state index is 0.271. The van der Waals surface area contributed by atoms with E-state index in [2.05, 4.69) is 78.3 Å². The van der Waals surface area contributed by atoms with Crippen LogP contribution in [0.2, 0.25) is 0 Å². The number of nitrogens with zero attached hydrogens (tertiary/aromatic N) is 2. The van der Waals surface area contributed by atoms with E-state index in [-0.39, 0.29) is 5.41 Å². The number of fused-ring (bicyclic) bond motifs is 6. The van der Waals surface area contributed by atoms with Crippen LogP contribution in [0.1, 0.15) is 55.2 Å². The molecule has 1 aromatic heterocycles. The molecule has 3 aromatic rings. The van der Waals surface area contributed by atoms with Crippen molar-refractivity contribution in [3.8, 4) is 0 Å². The molecule has 2 aromatic carbocycles. The molecule has 3 unspecified atom stereocenters. The van der Waals surface area contributed by atoms with Gasteiger partial charge in [0.1, 0.15) is 6.33 Å². The lowest BCUT2D eigenvalue weighted by Crippen LogP contribution is -2.41. The van der Waals surface area contributed by atoms with Crippen molar-refractivity contribution in [2.24, 2.45) is 17.3 Å². The molecule has 1 heterocycles. The molecule has 142 valence electrons. The summed E-state index contributed by atoms with van der Waals surface area (Å²) in [6.45, 7) is 4.76. The van der Waals surface area contributed by atoms with E-state index in [1.54, 1.807) is 11.1 Å². The molecule has 0 spiro atoms. The number of para-hydroxylation sites is 2. The zero-order valence-electron chi connectivity index (χ0n) is 16.9. The van der Waals surface area contributed by atoms with E-state index in [1.165, 1.54) is 48.9 Å². The van der Waals surface area contributed by atoms with Crippen LogP contribution in [0.3, 0.4) is 0 Å². The number of allylic oxidation sites excluding steroid dienone is 2. The van der Waals surface area contributed by atoms with Crippen LogP contribution in [0, 0.1) is 24.2 Å². The smallest absolute Gasteiger partial charge is 0.100 e. The van der Waals surface area contributed by atoms with E-state index in [0.29, 0.717) is 0 Å². The van der Waals surface area contributed by atoms with Gasteiger partial charge >= 0.3 is 0 Å². The first-order valence-electron chi connectivity index (χ1n) is 10.9. The van der Waals surface area contributed by atoms with Crippen molar-refractivity contribution < 1.29 is 0 Å². The number of rotatable bonds is 1. The highest BCUT2D eigenvalue weighted by Crippen LogP contribution is 2.62. The van der Waals surface area contributed by atoms with Crippen LogP contribution in [-0.2, 0) is 6.42 Å². The quantitative estimate of drug-likeness (QED) is 0.489. The monoisotopic (exact) mass is 368 g/mol. The Morgan fingerprint density at radius 2 is 2.00 bits per heavy atom. The highest BCUT2D eigenvalue weighted by molar-refractivity contribution is 5.80. The topological polar surface area (TPSA) is 17.8 Å². The standard InChI is InChI=1S/C26H28N2/c1-17-7-9-19-18(15-17)8-10-21-20(19)13-14-26(2)22(21)11-12-25(26)28-16-27-23-5-3-4-6-24(23)28/h3-7,9,12,15-16,20-22H,8,10-11,13-14H2,1-2H3/t20?,21?,22?,26-/m0/s1. The first-order chi connectivity index (χ1) is 13.6. The van der Waals surface area contributed by atoms with Crippen LogP contribution in [0.5, 0.6) is 0 Å². The minimum Gasteiger partial charge on any atom is -0.302 e. The second-order valence-electron chi connectivity index (χ2n) is 9.50. The predicted molar refractivity (Wildman–Crippen MR) is 115 cm³/mol. The summed E-state index contributed by atoms with van der Waals surface area (Å²) in [6, 6.07) is 15.8. The Morgan fingerprint density at radius 3 is 2.93 bits per heavy atom. The van der Waals surface area contributed by atoms with Gasteiger partial charge in [-0.2, -0.15) is 0 Å². The third kappa shape index (κ3) is 2.18. The largest absolute Gasteiger partial charge is 0.302 e. The Morgan fingerprint density at radius 1 is 1.11 bits per heavy atom. The average Bonchev–Trinajstić information content (AvgIpc) is 3.28. The van der Waals surface area contributed by atoms with Gasteiger partial charge in [-0.1, -0.05) is 48.9 Å². The fourth-order valence-electron chi connectivity index (χ4n) is 6.78. The molecule has 3 aliphatic rings. The third-order valence-corrected chi connectivity index (χ3v) is 8.14. The van der Waals surface area contributed by atoms with E-state index in [0.717, 1.165) is 23.3 Å². The molecule has 28 heavy (non-hydrogen) atoms. The van der Waals surface area contributed by atoms with Gasteiger partial charge in [0.25, 0.3) is 0 Å². The van der Waals surface area contributed by atoms with Gasteiger partial charge < -0.3 is 4.57 Å². The lowest BCUT2D eigenvalue weighted by atomic mass is 9.55. The summed E-state index contributed by atoms with van der Waals surface area (Å²) in [4.78, 5) is 4.67. The molecule has 2 nitrogen and oxygen atoms in total. The van der Waals surface area contributed by atoms with Crippen molar-refractivity contribution in [3.63, 3.8) is 0 Å². The number of hydrogen-bond acceptors (Lipinski definition) is 1. The second kappa shape index (κ2) is 5.83. The number of aromatic nitrogens is 2. The maximum atomic E-state index is 4.67. The van der Waals surface area contributed by atoms with Crippen molar-refractivity contribution in [2.75, 3.05) is 0 Å². The van der Waals surface area contributed by atoms with Gasteiger partial charge in [-0.15, -0.1) is 0 Å². The predicted octanol–water partition coefficient (Wildman–Crippen LogP) is 6.35. The highest BCUT2D eigenvalue weighted by atomic mass is 15.1. The number of imidazole rings is 1. The number of aryl methyl sites for hydroxylation is 2. The summed E-state index contributed by atoms with van der Waals surface area (Å²) in [5.74, 6) is 2.34. The van der Waals surface area contributed by atoms with Crippen LogP contribution in [0.4, 0.5) is 0 Å². The Balaban J connectivity index is 1.38. The molecular formula is C26H28N2. The molecule has 0 N–H and O–H groups in total. The highest BCUT2D eigenvalue weighted by Gasteiger charge is 2.52. The maximum absolute atomic E-state index is 4.67. The van der Waals surface area contributed by atoms with Gasteiger partial charge in [-0.3, -0.25) is 0 Å². The molecule has 0 aliphatic heterocycles. The summed E-state index contributed by atoms with van der Waals surface area (Å²) in [5.41, 5.74) is 8.82. The van der Waals surface area contributed by atoms with Crippen LogP contribution in [-0.4, -0.2) is 9.55 Å². The summed E-state index contributed by atoms with van der Waals surface area (Å²) in [7, 11) is 0. The molecule has 2 heteroatoms. The number of benzene rings is 2. The zero-order valence-corrected chi connectivity index (χ0v) is 16.9. The Hall–Kier alpha value is -2.35. The minimum absolute atomic E-state index is 0.271. The first-order valence-corrected chi connectivity index (χ1v) is 10.9. The van der Waals surface area contributed by atoms with Crippen molar-refractivity contribution in [1.29, 1.82) is 0 Å². The van der Waals surface area contributed by atoms with Crippen molar-refractivity contribution in [1.82, 2.24) is 9.55 Å². The van der Waals surface area contributed by atoms with Crippen LogP contribution in [0.15, 0.2) is 54.9 Å². The molecule has 0 saturated heterocycles. The van der Waals surface area contributed by atoms with Gasteiger partial charge in [-0.25, -0.2) is 4.98 Å². The third-order valence-electron chi connectivity index (χ3n) is 8.14. The van der Waals surface area contributed by atoms with Crippen LogP contribution < -0.4 is 0 Å². The van der Waals surface area contributed by atoms with Gasteiger partial charge in [-0.05, 0) is 80.0 Å². The molecular weight excluding hydrogens is 340 g/mol. The lowest BCUT2D eigenvalue weighted by Gasteiger charge is -2.50. The summed E-state index contributed by atoms with van der Waals surface area (Å²) in [5, 5.41) is 0. The Kier molecular flexibility index (Phi) is 3.45. The van der Waals surface area contributed by atoms with Crippen molar-refractivity contribution in [3.05, 3.63) is 71.6 Å². The fourth-order valence-corrected chi connectivity index (χ4v) is 6.78. The lowest BCUT2D eigenvalue weighted by molar-refractivity contribution is 0.0856. The molecule has 0 amide bonds. The zero-order chi connectivity index (χ0) is 18.9. The first kappa shape index (κ1) is 16.6. The molecule has 6 rings (SSSR count). The van der Waals surface area contributed by atoms with E-state index in [1.807, 2.05) is 0 Å². The van der Waals surface area contributed by atoms with E-state index >= 15 is 0 Å². The molecule has 1 fully saturated rings. The SMILES string of the molecule is Cc1ccc2c(c1)CCC1C2CC[C@]2(C)C(n3cnc4ccccc43)=CCC12. The molecule has 4 atom stereocenters. The van der Waals surface area contributed by atoms with Gasteiger partial charge in [0, 0.05) is 11.1 Å². The van der Waals surface area contributed by atoms with Crippen LogP contribution in [0.25, 0.3) is 16.7 Å². The van der Waals surface area contributed by atoms with Crippen molar-refractivity contribution >= 4 is 16.7 Å². The van der Waals surface area contributed by atoms with Crippen molar-refractivity contribution in [2.45, 2.75) is 51.9 Å². The van der Waals surface area contributed by atoms with Crippen LogP contribution >= 0.6 is 0 Å². The number of hydrogen-bond donors (Lipinski definition) is 0. The van der Waals surface area contributed by atoms with Gasteiger partial charge in [0.05, 0.1) is 11.0 Å². The average molecular weight is 369 g/mol. The van der Waals surface area contributed by atoms with Gasteiger partial charge in [0.15, 0.2) is 0 Å². The van der Waals surface area contributed by atoms with E-state index < -0.39 is 0 Å². The maximum Gasteiger partial charge on any atom is 0.100 e. The molecule has 3 aliphatic carbocycles. The summed E-state index contributed by atoms with van der Waals surface area (Å²) >= 11 is 0. The molecule has 0 radical (unpaired) electrons. The molecule has 1 saturated carbocycles. The normalized spacial score (nSPS) is 31.2. The van der Waals surface area contributed by atoms with E-state index in [4.69, 9.17) is 0 Å². The van der Waals surface area contributed by atoms with E-state index in [9.17, 15) is 0 Å². The Bertz CT molecular complexity index is 1100. The fraction of sp³-hybridized carbons (Fsp3) is 0.423. The summed E-state index contributed by atoms with van der Waals surface area (Å²) in [6.07, 6.45) is 11.0. The molecule has 0 bridgehead atoms. The summed E-state index contributed by atoms with van der Waals surface area (Å²) < 4.78 is 2.38.